The second-order valence-corrected chi connectivity index (χ2v) is 9.12. The molecule has 0 heterocycles. The Bertz CT molecular complexity index is 979. The molecule has 160 valence electrons. The van der Waals surface area contributed by atoms with Crippen LogP contribution in [0.15, 0.2) is 35.4 Å². The molecule has 8 heteroatoms. The molecule has 1 amide bonds. The number of aromatic hydroxyl groups is 2. The van der Waals surface area contributed by atoms with Crippen molar-refractivity contribution in [1.82, 2.24) is 5.43 Å². The Morgan fingerprint density at radius 1 is 1.03 bits per heavy atom. The maximum Gasteiger partial charge on any atom is 0.271 e. The number of benzene rings is 2. The third-order valence-electron chi connectivity index (χ3n) is 4.58. The lowest BCUT2D eigenvalue weighted by molar-refractivity contribution is -0.384. The molecule has 0 saturated carbocycles. The van der Waals surface area contributed by atoms with Gasteiger partial charge < -0.3 is 10.2 Å². The second-order valence-electron chi connectivity index (χ2n) is 9.12. The van der Waals surface area contributed by atoms with Gasteiger partial charge in [-0.25, -0.2) is 5.43 Å². The normalized spacial score (nSPS) is 12.2. The van der Waals surface area contributed by atoms with Gasteiger partial charge in [0.25, 0.3) is 11.6 Å². The van der Waals surface area contributed by atoms with Crippen LogP contribution in [0.5, 0.6) is 11.5 Å². The van der Waals surface area contributed by atoms with E-state index in [4.69, 9.17) is 0 Å². The highest BCUT2D eigenvalue weighted by molar-refractivity contribution is 5.96. The third-order valence-corrected chi connectivity index (χ3v) is 4.58. The second kappa shape index (κ2) is 8.14. The Balaban J connectivity index is 2.37. The number of amides is 1. The van der Waals surface area contributed by atoms with Crippen molar-refractivity contribution in [3.05, 3.63) is 62.7 Å². The first-order valence-electron chi connectivity index (χ1n) is 9.40. The topological polar surface area (TPSA) is 125 Å². The Morgan fingerprint density at radius 2 is 1.57 bits per heavy atom. The number of non-ortho nitro benzene ring substituents is 1. The van der Waals surface area contributed by atoms with Gasteiger partial charge >= 0.3 is 0 Å². The molecular weight excluding hydrogens is 386 g/mol. The average molecular weight is 413 g/mol. The van der Waals surface area contributed by atoms with E-state index in [9.17, 15) is 25.1 Å². The van der Waals surface area contributed by atoms with E-state index in [0.717, 1.165) is 12.3 Å². The van der Waals surface area contributed by atoms with Crippen LogP contribution in [0.2, 0.25) is 0 Å². The monoisotopic (exact) mass is 413 g/mol. The molecule has 2 aromatic carbocycles. The molecule has 0 unspecified atom stereocenters. The van der Waals surface area contributed by atoms with Crippen LogP contribution < -0.4 is 5.43 Å². The van der Waals surface area contributed by atoms with E-state index in [-0.39, 0.29) is 22.7 Å². The zero-order valence-corrected chi connectivity index (χ0v) is 18.0. The number of carbonyl (C=O) groups excluding carboxylic acids is 1. The van der Waals surface area contributed by atoms with Crippen LogP contribution in [0.3, 0.4) is 0 Å². The lowest BCUT2D eigenvalue weighted by Gasteiger charge is -2.28. The predicted molar refractivity (Wildman–Crippen MR) is 115 cm³/mol. The zero-order valence-electron chi connectivity index (χ0n) is 18.0. The van der Waals surface area contributed by atoms with Crippen LogP contribution in [0.1, 0.15) is 68.6 Å². The summed E-state index contributed by atoms with van der Waals surface area (Å²) >= 11 is 0. The largest absolute Gasteiger partial charge is 0.507 e. The van der Waals surface area contributed by atoms with E-state index < -0.39 is 21.7 Å². The SMILES string of the molecule is CC(C)(C)c1cc(C(=O)NN=Cc2cc([N+](=O)[O-])ccc2O)cc(C(C)(C)C)c1O. The average Bonchev–Trinajstić information content (AvgIpc) is 2.61. The molecule has 0 aliphatic rings. The van der Waals surface area contributed by atoms with Gasteiger partial charge in [-0.15, -0.1) is 0 Å². The summed E-state index contributed by atoms with van der Waals surface area (Å²) in [6.07, 6.45) is 1.13. The van der Waals surface area contributed by atoms with Gasteiger partial charge in [0.05, 0.1) is 11.1 Å². The molecule has 0 fully saturated rings. The number of nitro groups is 1. The minimum atomic E-state index is -0.589. The molecule has 0 aliphatic carbocycles. The Kier molecular flexibility index (Phi) is 6.20. The molecule has 3 N–H and O–H groups in total. The molecule has 8 nitrogen and oxygen atoms in total. The standard InChI is InChI=1S/C22H27N3O5/c1-21(2,3)16-10-13(11-17(19(16)27)22(4,5)6)20(28)24-23-12-14-9-15(25(29)30)7-8-18(14)26/h7-12,26-27H,1-6H3,(H,24,28). The fourth-order valence-corrected chi connectivity index (χ4v) is 2.89. The molecule has 0 radical (unpaired) electrons. The summed E-state index contributed by atoms with van der Waals surface area (Å²) in [6, 6.07) is 6.76. The van der Waals surface area contributed by atoms with E-state index in [1.54, 1.807) is 12.1 Å². The maximum absolute atomic E-state index is 12.7. The number of nitrogens with one attached hydrogen (secondary N) is 1. The number of hydrogen-bond donors (Lipinski definition) is 3. The van der Waals surface area contributed by atoms with Gasteiger partial charge in [0.2, 0.25) is 0 Å². The number of nitrogens with zero attached hydrogens (tertiary/aromatic N) is 2. The molecular formula is C22H27N3O5. The summed E-state index contributed by atoms with van der Waals surface area (Å²) in [7, 11) is 0. The van der Waals surface area contributed by atoms with Crippen molar-refractivity contribution in [1.29, 1.82) is 0 Å². The molecule has 2 aromatic rings. The van der Waals surface area contributed by atoms with Crippen molar-refractivity contribution >= 4 is 17.8 Å². The van der Waals surface area contributed by atoms with Gasteiger partial charge in [0, 0.05) is 34.4 Å². The smallest absolute Gasteiger partial charge is 0.271 e. The molecule has 0 bridgehead atoms. The highest BCUT2D eigenvalue weighted by Crippen LogP contribution is 2.39. The van der Waals surface area contributed by atoms with Crippen LogP contribution >= 0.6 is 0 Å². The number of rotatable bonds is 4. The highest BCUT2D eigenvalue weighted by Gasteiger charge is 2.27. The number of carbonyl (C=O) groups is 1. The number of hydrogen-bond acceptors (Lipinski definition) is 6. The zero-order chi connectivity index (χ0) is 22.9. The minimum absolute atomic E-state index is 0.0981. The first kappa shape index (κ1) is 22.9. The van der Waals surface area contributed by atoms with Crippen molar-refractivity contribution in [3.8, 4) is 11.5 Å². The summed E-state index contributed by atoms with van der Waals surface area (Å²) in [5, 5.41) is 35.3. The molecule has 0 aliphatic heterocycles. The van der Waals surface area contributed by atoms with Crippen LogP contribution in [0.4, 0.5) is 5.69 Å². The Hall–Kier alpha value is -3.42. The summed E-state index contributed by atoms with van der Waals surface area (Å²) in [5.74, 6) is -0.544. The van der Waals surface area contributed by atoms with Crippen LogP contribution in [-0.2, 0) is 10.8 Å². The van der Waals surface area contributed by atoms with Crippen molar-refractivity contribution < 1.29 is 19.9 Å². The van der Waals surface area contributed by atoms with Gasteiger partial charge in [0.1, 0.15) is 11.5 Å². The lowest BCUT2D eigenvalue weighted by atomic mass is 9.78. The van der Waals surface area contributed by atoms with Gasteiger partial charge in [0.15, 0.2) is 0 Å². The quantitative estimate of drug-likeness (QED) is 0.390. The summed E-state index contributed by atoms with van der Waals surface area (Å²) in [6.45, 7) is 11.7. The highest BCUT2D eigenvalue weighted by atomic mass is 16.6. The number of hydrazone groups is 1. The van der Waals surface area contributed by atoms with Crippen molar-refractivity contribution in [2.24, 2.45) is 5.10 Å². The van der Waals surface area contributed by atoms with Gasteiger partial charge in [-0.05, 0) is 29.0 Å². The Morgan fingerprint density at radius 3 is 2.03 bits per heavy atom. The molecule has 30 heavy (non-hydrogen) atoms. The van der Waals surface area contributed by atoms with Crippen molar-refractivity contribution in [2.45, 2.75) is 52.4 Å². The van der Waals surface area contributed by atoms with Gasteiger partial charge in [-0.2, -0.15) is 5.10 Å². The number of phenolic OH excluding ortho intramolecular Hbond substituents is 2. The molecule has 0 aromatic heterocycles. The van der Waals surface area contributed by atoms with E-state index in [1.807, 2.05) is 41.5 Å². The fraction of sp³-hybridized carbons (Fsp3) is 0.364. The van der Waals surface area contributed by atoms with E-state index in [1.165, 1.54) is 12.1 Å². The molecule has 0 atom stereocenters. The van der Waals surface area contributed by atoms with Gasteiger partial charge in [-0.1, -0.05) is 41.5 Å². The van der Waals surface area contributed by atoms with E-state index in [2.05, 4.69) is 10.5 Å². The van der Waals surface area contributed by atoms with E-state index >= 15 is 0 Å². The summed E-state index contributed by atoms with van der Waals surface area (Å²) in [5.41, 5.74) is 3.08. The lowest BCUT2D eigenvalue weighted by Crippen LogP contribution is -2.22. The number of phenols is 2. The molecule has 0 saturated heterocycles. The van der Waals surface area contributed by atoms with Crippen LogP contribution in [0.25, 0.3) is 0 Å². The van der Waals surface area contributed by atoms with Crippen LogP contribution in [-0.4, -0.2) is 27.3 Å². The molecule has 2 rings (SSSR count). The first-order chi connectivity index (χ1) is 13.7. The summed E-state index contributed by atoms with van der Waals surface area (Å²) in [4.78, 5) is 23.0. The minimum Gasteiger partial charge on any atom is -0.507 e. The molecule has 0 spiro atoms. The van der Waals surface area contributed by atoms with Crippen molar-refractivity contribution in [2.75, 3.05) is 0 Å². The van der Waals surface area contributed by atoms with E-state index in [0.29, 0.717) is 16.7 Å². The first-order valence-corrected chi connectivity index (χ1v) is 9.40. The third kappa shape index (κ3) is 5.14. The summed E-state index contributed by atoms with van der Waals surface area (Å²) < 4.78 is 0. The fourth-order valence-electron chi connectivity index (χ4n) is 2.89. The van der Waals surface area contributed by atoms with Crippen molar-refractivity contribution in [3.63, 3.8) is 0 Å². The van der Waals surface area contributed by atoms with Crippen LogP contribution in [0, 0.1) is 10.1 Å². The predicted octanol–water partition coefficient (Wildman–Crippen LogP) is 4.36. The maximum atomic E-state index is 12.7. The number of nitro benzene ring substituents is 1. The Labute approximate surface area is 175 Å². The van der Waals surface area contributed by atoms with Gasteiger partial charge in [-0.3, -0.25) is 14.9 Å².